The smallest absolute Gasteiger partial charge is 0.219 e. The molecule has 25 heavy (non-hydrogen) atoms. The summed E-state index contributed by atoms with van der Waals surface area (Å²) in [7, 11) is 0. The van der Waals surface area contributed by atoms with Crippen molar-refractivity contribution >= 4 is 23.2 Å². The summed E-state index contributed by atoms with van der Waals surface area (Å²) < 4.78 is 0. The fourth-order valence-electron chi connectivity index (χ4n) is 3.17. The molecule has 1 amide bonds. The average Bonchev–Trinajstić information content (AvgIpc) is 2.63. The lowest BCUT2D eigenvalue weighted by Gasteiger charge is -2.35. The van der Waals surface area contributed by atoms with Crippen molar-refractivity contribution in [1.29, 1.82) is 0 Å². The molecule has 1 aliphatic rings. The molecule has 6 nitrogen and oxygen atoms in total. The molecule has 0 N–H and O–H groups in total. The highest BCUT2D eigenvalue weighted by Crippen LogP contribution is 2.26. The van der Waals surface area contributed by atoms with Crippen LogP contribution in [0, 0.1) is 6.92 Å². The average molecular weight is 339 g/mol. The third-order valence-electron chi connectivity index (χ3n) is 4.52. The number of aryl methyl sites for hydroxylation is 1. The van der Waals surface area contributed by atoms with Crippen LogP contribution in [-0.4, -0.2) is 53.5 Å². The summed E-state index contributed by atoms with van der Waals surface area (Å²) in [5, 5.41) is 0. The molecule has 0 atom stereocenters. The van der Waals surface area contributed by atoms with E-state index < -0.39 is 0 Å². The summed E-state index contributed by atoms with van der Waals surface area (Å²) in [6.07, 6.45) is 0. The van der Waals surface area contributed by atoms with Crippen LogP contribution in [0.15, 0.2) is 36.4 Å². The summed E-state index contributed by atoms with van der Waals surface area (Å²) in [5.74, 6) is 2.74. The van der Waals surface area contributed by atoms with Crippen molar-refractivity contribution in [3.05, 3.63) is 42.2 Å². The number of hydrogen-bond acceptors (Lipinski definition) is 5. The predicted molar refractivity (Wildman–Crippen MR) is 100 cm³/mol. The number of nitrogens with zero attached hydrogens (tertiary/aromatic N) is 5. The van der Waals surface area contributed by atoms with Crippen LogP contribution in [-0.2, 0) is 4.79 Å². The first-order valence-corrected chi connectivity index (χ1v) is 8.77. The Balaban J connectivity index is 1.84. The normalized spacial score (nSPS) is 14.5. The van der Waals surface area contributed by atoms with E-state index in [9.17, 15) is 4.79 Å². The Labute approximate surface area is 149 Å². The summed E-state index contributed by atoms with van der Waals surface area (Å²) in [6.45, 7) is 9.58. The largest absolute Gasteiger partial charge is 0.353 e. The number of anilines is 3. The van der Waals surface area contributed by atoms with E-state index in [1.807, 2.05) is 36.1 Å². The minimum absolute atomic E-state index is 0.139. The van der Waals surface area contributed by atoms with Gasteiger partial charge in [-0.2, -0.15) is 0 Å². The van der Waals surface area contributed by atoms with Crippen molar-refractivity contribution in [2.75, 3.05) is 42.5 Å². The summed E-state index contributed by atoms with van der Waals surface area (Å²) in [5.41, 5.74) is 1.12. The van der Waals surface area contributed by atoms with Crippen LogP contribution in [0.3, 0.4) is 0 Å². The zero-order chi connectivity index (χ0) is 17.8. The summed E-state index contributed by atoms with van der Waals surface area (Å²) in [4.78, 5) is 27.1. The van der Waals surface area contributed by atoms with Gasteiger partial charge in [-0.05, 0) is 26.0 Å². The molecule has 0 radical (unpaired) electrons. The molecule has 6 heteroatoms. The highest BCUT2D eigenvalue weighted by molar-refractivity contribution is 5.73. The summed E-state index contributed by atoms with van der Waals surface area (Å²) in [6, 6.07) is 12.3. The molecule has 1 aliphatic heterocycles. The molecule has 0 bridgehead atoms. The van der Waals surface area contributed by atoms with E-state index in [2.05, 4.69) is 38.8 Å². The minimum atomic E-state index is 0.139. The lowest BCUT2D eigenvalue weighted by atomic mass is 10.2. The van der Waals surface area contributed by atoms with Crippen molar-refractivity contribution in [2.45, 2.75) is 20.8 Å². The van der Waals surface area contributed by atoms with Crippen LogP contribution < -0.4 is 9.80 Å². The molecule has 3 rings (SSSR count). The number of carbonyl (C=O) groups is 1. The second-order valence-corrected chi connectivity index (χ2v) is 6.20. The Morgan fingerprint density at radius 1 is 1.12 bits per heavy atom. The van der Waals surface area contributed by atoms with Crippen LogP contribution in [0.25, 0.3) is 0 Å². The molecule has 0 saturated carbocycles. The van der Waals surface area contributed by atoms with Crippen molar-refractivity contribution in [3.8, 4) is 0 Å². The van der Waals surface area contributed by atoms with E-state index in [-0.39, 0.29) is 5.91 Å². The van der Waals surface area contributed by atoms with Gasteiger partial charge in [-0.25, -0.2) is 9.97 Å². The van der Waals surface area contributed by atoms with Crippen molar-refractivity contribution < 1.29 is 4.79 Å². The van der Waals surface area contributed by atoms with Gasteiger partial charge in [-0.15, -0.1) is 0 Å². The Morgan fingerprint density at radius 2 is 1.80 bits per heavy atom. The first-order valence-electron chi connectivity index (χ1n) is 8.77. The second-order valence-electron chi connectivity index (χ2n) is 6.20. The molecular formula is C19H25N5O. The Hall–Kier alpha value is -2.63. The van der Waals surface area contributed by atoms with E-state index in [1.165, 1.54) is 0 Å². The molecule has 132 valence electrons. The van der Waals surface area contributed by atoms with E-state index in [0.29, 0.717) is 0 Å². The van der Waals surface area contributed by atoms with E-state index in [1.54, 1.807) is 6.92 Å². The Kier molecular flexibility index (Phi) is 5.16. The quantitative estimate of drug-likeness (QED) is 0.857. The van der Waals surface area contributed by atoms with Crippen LogP contribution >= 0.6 is 0 Å². The van der Waals surface area contributed by atoms with E-state index in [0.717, 1.165) is 55.9 Å². The van der Waals surface area contributed by atoms with Gasteiger partial charge in [-0.3, -0.25) is 4.79 Å². The van der Waals surface area contributed by atoms with Gasteiger partial charge in [0.1, 0.15) is 17.5 Å². The number of amides is 1. The Morgan fingerprint density at radius 3 is 2.40 bits per heavy atom. The maximum atomic E-state index is 11.5. The molecule has 1 fully saturated rings. The minimum Gasteiger partial charge on any atom is -0.353 e. The van der Waals surface area contributed by atoms with Gasteiger partial charge < -0.3 is 14.7 Å². The van der Waals surface area contributed by atoms with Gasteiger partial charge >= 0.3 is 0 Å². The van der Waals surface area contributed by atoms with Crippen LogP contribution in [0.1, 0.15) is 19.7 Å². The van der Waals surface area contributed by atoms with Crippen molar-refractivity contribution in [2.24, 2.45) is 0 Å². The molecule has 0 unspecified atom stereocenters. The van der Waals surface area contributed by atoms with Crippen LogP contribution in [0.2, 0.25) is 0 Å². The topological polar surface area (TPSA) is 52.6 Å². The number of rotatable bonds is 4. The highest BCUT2D eigenvalue weighted by Gasteiger charge is 2.21. The van der Waals surface area contributed by atoms with Crippen molar-refractivity contribution in [3.63, 3.8) is 0 Å². The standard InChI is InChI=1S/C19H25N5O/c1-4-24(17-8-6-5-7-9-17)19-14-18(20-15(2)21-19)23-12-10-22(11-13-23)16(3)25/h5-9,14H,4,10-13H2,1-3H3. The molecule has 2 heterocycles. The molecule has 0 spiro atoms. The molecule has 0 aliphatic carbocycles. The fourth-order valence-corrected chi connectivity index (χ4v) is 3.17. The van der Waals surface area contributed by atoms with E-state index >= 15 is 0 Å². The number of para-hydroxylation sites is 1. The predicted octanol–water partition coefficient (Wildman–Crippen LogP) is 2.61. The van der Waals surface area contributed by atoms with E-state index in [4.69, 9.17) is 0 Å². The number of benzene rings is 1. The number of hydrogen-bond donors (Lipinski definition) is 0. The van der Waals surface area contributed by atoms with Crippen LogP contribution in [0.5, 0.6) is 0 Å². The molecular weight excluding hydrogens is 314 g/mol. The zero-order valence-electron chi connectivity index (χ0n) is 15.1. The molecule has 2 aromatic rings. The van der Waals surface area contributed by atoms with Gasteiger partial charge in [0, 0.05) is 51.4 Å². The third kappa shape index (κ3) is 3.90. The SMILES string of the molecule is CCN(c1ccccc1)c1cc(N2CCN(C(C)=O)CC2)nc(C)n1. The van der Waals surface area contributed by atoms with Crippen molar-refractivity contribution in [1.82, 2.24) is 14.9 Å². The monoisotopic (exact) mass is 339 g/mol. The summed E-state index contributed by atoms with van der Waals surface area (Å²) >= 11 is 0. The molecule has 1 aromatic carbocycles. The van der Waals surface area contributed by atoms with Gasteiger partial charge in [0.05, 0.1) is 0 Å². The maximum Gasteiger partial charge on any atom is 0.219 e. The zero-order valence-corrected chi connectivity index (χ0v) is 15.1. The fraction of sp³-hybridized carbons (Fsp3) is 0.421. The maximum absolute atomic E-state index is 11.5. The number of aromatic nitrogens is 2. The first kappa shape index (κ1) is 17.2. The first-order chi connectivity index (χ1) is 12.1. The number of carbonyl (C=O) groups excluding carboxylic acids is 1. The lowest BCUT2D eigenvalue weighted by molar-refractivity contribution is -0.129. The highest BCUT2D eigenvalue weighted by atomic mass is 16.2. The molecule has 1 saturated heterocycles. The molecule has 1 aromatic heterocycles. The third-order valence-corrected chi connectivity index (χ3v) is 4.52. The second kappa shape index (κ2) is 7.51. The van der Waals surface area contributed by atoms with Crippen LogP contribution in [0.4, 0.5) is 17.3 Å². The van der Waals surface area contributed by atoms with Gasteiger partial charge in [0.25, 0.3) is 0 Å². The lowest BCUT2D eigenvalue weighted by Crippen LogP contribution is -2.48. The number of piperazine rings is 1. The van der Waals surface area contributed by atoms with Gasteiger partial charge in [0.15, 0.2) is 0 Å². The Bertz CT molecular complexity index is 726. The van der Waals surface area contributed by atoms with Gasteiger partial charge in [-0.1, -0.05) is 18.2 Å². The van der Waals surface area contributed by atoms with Gasteiger partial charge in [0.2, 0.25) is 5.91 Å².